The van der Waals surface area contributed by atoms with Crippen LogP contribution in [0.3, 0.4) is 0 Å². The Morgan fingerprint density at radius 2 is 2.03 bits per heavy atom. The lowest BCUT2D eigenvalue weighted by atomic mass is 9.91. The average molecular weight is 421 g/mol. The second-order valence-corrected chi connectivity index (χ2v) is 7.66. The van der Waals surface area contributed by atoms with Gasteiger partial charge in [-0.3, -0.25) is 19.1 Å². The van der Waals surface area contributed by atoms with E-state index in [1.165, 1.54) is 13.8 Å². The highest BCUT2D eigenvalue weighted by atomic mass is 16.5. The maximum absolute atomic E-state index is 13.1. The summed E-state index contributed by atoms with van der Waals surface area (Å²) in [6.07, 6.45) is 1.63. The van der Waals surface area contributed by atoms with Gasteiger partial charge in [0.05, 0.1) is 17.8 Å². The molecule has 0 radical (unpaired) electrons. The molecule has 1 aromatic carbocycles. The van der Waals surface area contributed by atoms with Crippen molar-refractivity contribution in [2.75, 3.05) is 13.2 Å². The Kier molecular flexibility index (Phi) is 4.88. The number of H-pyrrole nitrogens is 1. The van der Waals surface area contributed by atoms with E-state index in [0.29, 0.717) is 39.3 Å². The molecule has 9 heteroatoms. The number of carbonyl (C=O) groups excluding carboxylic acids is 2. The van der Waals surface area contributed by atoms with E-state index >= 15 is 0 Å². The van der Waals surface area contributed by atoms with Crippen molar-refractivity contribution in [3.8, 4) is 5.75 Å². The van der Waals surface area contributed by atoms with Gasteiger partial charge in [0.25, 0.3) is 0 Å². The van der Waals surface area contributed by atoms with E-state index < -0.39 is 5.54 Å². The molecular formula is C22H23N5O4. The molecule has 3 heterocycles. The van der Waals surface area contributed by atoms with E-state index in [4.69, 9.17) is 10.5 Å². The number of imidazole rings is 1. The van der Waals surface area contributed by atoms with Gasteiger partial charge in [-0.05, 0) is 38.1 Å². The van der Waals surface area contributed by atoms with Crippen molar-refractivity contribution in [3.05, 3.63) is 64.0 Å². The van der Waals surface area contributed by atoms with Crippen molar-refractivity contribution >= 4 is 28.3 Å². The van der Waals surface area contributed by atoms with Crippen LogP contribution in [-0.4, -0.2) is 39.4 Å². The average Bonchev–Trinajstić information content (AvgIpc) is 3.07. The van der Waals surface area contributed by atoms with Crippen LogP contribution in [0.15, 0.2) is 47.0 Å². The Bertz CT molecular complexity index is 1280. The fraction of sp³-hybridized carbons (Fsp3) is 0.273. The number of nitrogens with one attached hydrogen (secondary N) is 2. The number of rotatable bonds is 5. The lowest BCUT2D eigenvalue weighted by molar-refractivity contribution is -0.119. The summed E-state index contributed by atoms with van der Waals surface area (Å²) in [5, 5.41) is 2.80. The summed E-state index contributed by atoms with van der Waals surface area (Å²) in [5.74, 6) is -0.0566. The normalized spacial score (nSPS) is 18.3. The number of carbonyl (C=O) groups is 2. The molecule has 4 rings (SSSR count). The third-order valence-corrected chi connectivity index (χ3v) is 5.47. The quantitative estimate of drug-likeness (QED) is 0.532. The molecule has 9 nitrogen and oxygen atoms in total. The van der Waals surface area contributed by atoms with Gasteiger partial charge in [-0.1, -0.05) is 6.07 Å². The number of ether oxygens (including phenoxy) is 1. The predicted molar refractivity (Wildman–Crippen MR) is 116 cm³/mol. The van der Waals surface area contributed by atoms with Crippen LogP contribution in [0.25, 0.3) is 16.6 Å². The van der Waals surface area contributed by atoms with Gasteiger partial charge >= 0.3 is 5.69 Å². The fourth-order valence-electron chi connectivity index (χ4n) is 4.17. The van der Waals surface area contributed by atoms with E-state index in [1.54, 1.807) is 42.0 Å². The first-order valence-corrected chi connectivity index (χ1v) is 9.81. The van der Waals surface area contributed by atoms with Gasteiger partial charge < -0.3 is 20.8 Å². The number of allylic oxidation sites excluding steroid dienone is 2. The Morgan fingerprint density at radius 3 is 2.65 bits per heavy atom. The molecule has 1 aliphatic rings. The number of hydrogen-bond acceptors (Lipinski definition) is 6. The summed E-state index contributed by atoms with van der Waals surface area (Å²) in [6, 6.07) is 8.80. The van der Waals surface area contributed by atoms with Crippen LogP contribution < -0.4 is 21.5 Å². The van der Waals surface area contributed by atoms with Crippen molar-refractivity contribution in [1.29, 1.82) is 0 Å². The molecule has 31 heavy (non-hydrogen) atoms. The van der Waals surface area contributed by atoms with Crippen molar-refractivity contribution in [1.82, 2.24) is 19.9 Å². The minimum Gasteiger partial charge on any atom is -0.488 e. The Labute approximate surface area is 177 Å². The van der Waals surface area contributed by atoms with Crippen LogP contribution in [0.5, 0.6) is 5.75 Å². The summed E-state index contributed by atoms with van der Waals surface area (Å²) < 4.78 is 7.77. The van der Waals surface area contributed by atoms with Crippen molar-refractivity contribution in [2.45, 2.75) is 26.3 Å². The zero-order chi connectivity index (χ0) is 22.3. The highest BCUT2D eigenvalue weighted by Gasteiger charge is 2.44. The molecular weight excluding hydrogens is 398 g/mol. The van der Waals surface area contributed by atoms with Gasteiger partial charge in [-0.2, -0.15) is 0 Å². The molecule has 2 aromatic heterocycles. The van der Waals surface area contributed by atoms with Gasteiger partial charge in [0.1, 0.15) is 17.7 Å². The smallest absolute Gasteiger partial charge is 0.327 e. The molecule has 1 unspecified atom stereocenters. The van der Waals surface area contributed by atoms with E-state index in [2.05, 4.69) is 15.3 Å². The molecule has 4 N–H and O–H groups in total. The van der Waals surface area contributed by atoms with Crippen LogP contribution in [0.4, 0.5) is 0 Å². The van der Waals surface area contributed by atoms with Crippen LogP contribution in [0.1, 0.15) is 32.0 Å². The SMILES string of the molecule is CC(=O)NCC1(c2ccccn2)COc2c(C(C(C)=O)=C(C)N)ccc3[nH]c(=O)n1c23. The molecule has 0 fully saturated rings. The summed E-state index contributed by atoms with van der Waals surface area (Å²) in [7, 11) is 0. The lowest BCUT2D eigenvalue weighted by Crippen LogP contribution is -2.55. The Balaban J connectivity index is 2.06. The number of hydrogen-bond donors (Lipinski definition) is 3. The highest BCUT2D eigenvalue weighted by Crippen LogP contribution is 2.41. The molecule has 0 saturated carbocycles. The van der Waals surface area contributed by atoms with Crippen molar-refractivity contribution < 1.29 is 14.3 Å². The predicted octanol–water partition coefficient (Wildman–Crippen LogP) is 1.28. The van der Waals surface area contributed by atoms with E-state index in [0.717, 1.165) is 0 Å². The summed E-state index contributed by atoms with van der Waals surface area (Å²) in [5.41, 5.74) is 7.36. The highest BCUT2D eigenvalue weighted by molar-refractivity contribution is 6.21. The second kappa shape index (κ2) is 7.42. The molecule has 0 aliphatic carbocycles. The summed E-state index contributed by atoms with van der Waals surface area (Å²) in [6.45, 7) is 4.61. The Morgan fingerprint density at radius 1 is 1.26 bits per heavy atom. The maximum Gasteiger partial charge on any atom is 0.327 e. The molecule has 1 aliphatic heterocycles. The van der Waals surface area contributed by atoms with Crippen LogP contribution in [0, 0.1) is 0 Å². The first-order chi connectivity index (χ1) is 14.8. The standard InChI is InChI=1S/C22H23N5O4/c1-12(23)18(13(2)28)15-7-8-16-19-20(15)31-11-22(10-25-14(3)29,27(19)21(30)26-16)17-6-4-5-9-24-17/h4-9H,10-11,23H2,1-3H3,(H,25,29)(H,26,30). The zero-order valence-electron chi connectivity index (χ0n) is 17.5. The molecule has 160 valence electrons. The van der Waals surface area contributed by atoms with E-state index in [1.807, 2.05) is 6.07 Å². The lowest BCUT2D eigenvalue weighted by Gasteiger charge is -2.38. The van der Waals surface area contributed by atoms with Crippen molar-refractivity contribution in [2.24, 2.45) is 5.73 Å². The molecule has 1 atom stereocenters. The maximum atomic E-state index is 13.1. The van der Waals surface area contributed by atoms with Gasteiger partial charge in [0.15, 0.2) is 11.5 Å². The summed E-state index contributed by atoms with van der Waals surface area (Å²) in [4.78, 5) is 44.5. The number of ketones is 1. The fourth-order valence-corrected chi connectivity index (χ4v) is 4.17. The largest absolute Gasteiger partial charge is 0.488 e. The monoisotopic (exact) mass is 421 g/mol. The molecule has 0 spiro atoms. The molecule has 0 saturated heterocycles. The number of nitrogens with zero attached hydrogens (tertiary/aromatic N) is 2. The summed E-state index contributed by atoms with van der Waals surface area (Å²) >= 11 is 0. The molecule has 1 amide bonds. The van der Waals surface area contributed by atoms with Crippen LogP contribution >= 0.6 is 0 Å². The number of nitrogens with two attached hydrogens (primary N) is 1. The number of aromatic amines is 1. The van der Waals surface area contributed by atoms with E-state index in [-0.39, 0.29) is 30.5 Å². The van der Waals surface area contributed by atoms with Crippen molar-refractivity contribution in [3.63, 3.8) is 0 Å². The zero-order valence-corrected chi connectivity index (χ0v) is 17.5. The number of aromatic nitrogens is 3. The topological polar surface area (TPSA) is 132 Å². The second-order valence-electron chi connectivity index (χ2n) is 7.66. The number of benzene rings is 1. The number of pyridine rings is 1. The third-order valence-electron chi connectivity index (χ3n) is 5.47. The van der Waals surface area contributed by atoms with Gasteiger partial charge in [-0.25, -0.2) is 4.79 Å². The molecule has 3 aromatic rings. The number of Topliss-reactive ketones (excluding diaryl/α,β-unsaturated/α-hetero) is 1. The Hall–Kier alpha value is -3.88. The van der Waals surface area contributed by atoms with Gasteiger partial charge in [0.2, 0.25) is 5.91 Å². The van der Waals surface area contributed by atoms with Gasteiger partial charge in [0, 0.05) is 30.0 Å². The molecule has 0 bridgehead atoms. The third kappa shape index (κ3) is 3.18. The number of amides is 1. The van der Waals surface area contributed by atoms with Crippen LogP contribution in [0.2, 0.25) is 0 Å². The van der Waals surface area contributed by atoms with Crippen LogP contribution in [-0.2, 0) is 15.1 Å². The minimum absolute atomic E-state index is 0.0238. The first kappa shape index (κ1) is 20.4. The minimum atomic E-state index is -1.08. The first-order valence-electron chi connectivity index (χ1n) is 9.81. The van der Waals surface area contributed by atoms with E-state index in [9.17, 15) is 14.4 Å². The van der Waals surface area contributed by atoms with Gasteiger partial charge in [-0.15, -0.1) is 0 Å².